The fourth-order valence-corrected chi connectivity index (χ4v) is 2.12. The van der Waals surface area contributed by atoms with Gasteiger partial charge in [-0.25, -0.2) is 0 Å². The first-order valence-corrected chi connectivity index (χ1v) is 6.28. The van der Waals surface area contributed by atoms with Gasteiger partial charge >= 0.3 is 0 Å². The summed E-state index contributed by atoms with van der Waals surface area (Å²) in [6.07, 6.45) is 3.69. The number of hydrogen-bond donors (Lipinski definition) is 0. The minimum absolute atomic E-state index is 0.901. The molecular weight excluding hydrogens is 232 g/mol. The van der Waals surface area contributed by atoms with Crippen molar-refractivity contribution in [1.29, 1.82) is 0 Å². The lowest BCUT2D eigenvalue weighted by Crippen LogP contribution is -1.88. The van der Waals surface area contributed by atoms with Crippen molar-refractivity contribution in [1.82, 2.24) is 9.97 Å². The zero-order valence-electron chi connectivity index (χ0n) is 10.7. The van der Waals surface area contributed by atoms with Gasteiger partial charge in [0.2, 0.25) is 0 Å². The molecule has 2 nitrogen and oxygen atoms in total. The van der Waals surface area contributed by atoms with E-state index in [0.717, 1.165) is 17.0 Å². The Kier molecular flexibility index (Phi) is 3.07. The van der Waals surface area contributed by atoms with Crippen molar-refractivity contribution >= 4 is 0 Å². The number of pyridine rings is 2. The van der Waals surface area contributed by atoms with Gasteiger partial charge in [0.15, 0.2) is 0 Å². The lowest BCUT2D eigenvalue weighted by Gasteiger charge is -2.06. The van der Waals surface area contributed by atoms with E-state index in [1.807, 2.05) is 30.5 Å². The van der Waals surface area contributed by atoms with Crippen LogP contribution in [0.2, 0.25) is 0 Å². The second-order valence-corrected chi connectivity index (χ2v) is 4.46. The summed E-state index contributed by atoms with van der Waals surface area (Å²) in [6.45, 7) is 2.11. The SMILES string of the molecule is Cc1ccccc1-c1ccc(-c2ccccn2)nc1. The van der Waals surface area contributed by atoms with E-state index in [0.29, 0.717) is 0 Å². The van der Waals surface area contributed by atoms with Gasteiger partial charge in [-0.15, -0.1) is 0 Å². The van der Waals surface area contributed by atoms with Crippen molar-refractivity contribution in [3.05, 3.63) is 72.6 Å². The van der Waals surface area contributed by atoms with Crippen molar-refractivity contribution in [2.75, 3.05) is 0 Å². The standard InChI is InChI=1S/C17H14N2/c1-13-6-2-3-7-15(13)14-9-10-17(19-12-14)16-8-4-5-11-18-16/h2-12H,1H3. The van der Waals surface area contributed by atoms with Crippen LogP contribution in [0.4, 0.5) is 0 Å². The van der Waals surface area contributed by atoms with Crippen molar-refractivity contribution in [3.63, 3.8) is 0 Å². The molecule has 0 atom stereocenters. The Bertz CT molecular complexity index is 673. The molecule has 0 bridgehead atoms. The van der Waals surface area contributed by atoms with Gasteiger partial charge in [0.25, 0.3) is 0 Å². The summed E-state index contributed by atoms with van der Waals surface area (Å²) in [5.74, 6) is 0. The monoisotopic (exact) mass is 246 g/mol. The molecule has 1 aromatic carbocycles. The van der Waals surface area contributed by atoms with Gasteiger partial charge in [-0.2, -0.15) is 0 Å². The van der Waals surface area contributed by atoms with Gasteiger partial charge < -0.3 is 0 Å². The quantitative estimate of drug-likeness (QED) is 0.679. The molecule has 0 aliphatic carbocycles. The highest BCUT2D eigenvalue weighted by atomic mass is 14.8. The van der Waals surface area contributed by atoms with Crippen LogP contribution in [0, 0.1) is 6.92 Å². The van der Waals surface area contributed by atoms with Crippen LogP contribution in [0.1, 0.15) is 5.56 Å². The van der Waals surface area contributed by atoms with Crippen molar-refractivity contribution < 1.29 is 0 Å². The molecule has 0 spiro atoms. The summed E-state index contributed by atoms with van der Waals surface area (Å²) >= 11 is 0. The second kappa shape index (κ2) is 5.02. The van der Waals surface area contributed by atoms with Gasteiger partial charge in [0.05, 0.1) is 11.4 Å². The third-order valence-corrected chi connectivity index (χ3v) is 3.15. The van der Waals surface area contributed by atoms with E-state index in [9.17, 15) is 0 Å². The van der Waals surface area contributed by atoms with E-state index in [-0.39, 0.29) is 0 Å². The van der Waals surface area contributed by atoms with E-state index in [4.69, 9.17) is 0 Å². The average molecular weight is 246 g/mol. The van der Waals surface area contributed by atoms with Crippen molar-refractivity contribution in [3.8, 4) is 22.5 Å². The maximum Gasteiger partial charge on any atom is 0.0886 e. The highest BCUT2D eigenvalue weighted by Gasteiger charge is 2.03. The molecule has 2 heterocycles. The minimum Gasteiger partial charge on any atom is -0.255 e. The first-order valence-electron chi connectivity index (χ1n) is 6.28. The Labute approximate surface area is 112 Å². The summed E-state index contributed by atoms with van der Waals surface area (Å²) in [5.41, 5.74) is 5.42. The first kappa shape index (κ1) is 11.6. The van der Waals surface area contributed by atoms with Crippen LogP contribution in [0.15, 0.2) is 67.0 Å². The van der Waals surface area contributed by atoms with E-state index >= 15 is 0 Å². The summed E-state index contributed by atoms with van der Waals surface area (Å²) in [6, 6.07) is 18.3. The molecule has 3 aromatic rings. The molecule has 92 valence electrons. The Morgan fingerprint density at radius 3 is 2.21 bits per heavy atom. The van der Waals surface area contributed by atoms with Crippen LogP contribution >= 0.6 is 0 Å². The Hall–Kier alpha value is -2.48. The molecule has 0 saturated carbocycles. The molecule has 0 fully saturated rings. The highest BCUT2D eigenvalue weighted by Crippen LogP contribution is 2.24. The number of aryl methyl sites for hydroxylation is 1. The Morgan fingerprint density at radius 2 is 1.53 bits per heavy atom. The second-order valence-electron chi connectivity index (χ2n) is 4.46. The summed E-state index contributed by atoms with van der Waals surface area (Å²) in [7, 11) is 0. The van der Waals surface area contributed by atoms with Crippen LogP contribution in [0.25, 0.3) is 22.5 Å². The lowest BCUT2D eigenvalue weighted by atomic mass is 10.0. The lowest BCUT2D eigenvalue weighted by molar-refractivity contribution is 1.25. The summed E-state index contributed by atoms with van der Waals surface area (Å²) in [5, 5.41) is 0. The summed E-state index contributed by atoms with van der Waals surface area (Å²) < 4.78 is 0. The molecule has 0 unspecified atom stereocenters. The van der Waals surface area contributed by atoms with Crippen LogP contribution in [-0.4, -0.2) is 9.97 Å². The van der Waals surface area contributed by atoms with E-state index in [1.165, 1.54) is 11.1 Å². The van der Waals surface area contributed by atoms with Crippen molar-refractivity contribution in [2.24, 2.45) is 0 Å². The van der Waals surface area contributed by atoms with E-state index in [1.54, 1.807) is 6.20 Å². The highest BCUT2D eigenvalue weighted by molar-refractivity contribution is 5.68. The molecule has 0 saturated heterocycles. The fraction of sp³-hybridized carbons (Fsp3) is 0.0588. The van der Waals surface area contributed by atoms with Crippen molar-refractivity contribution in [2.45, 2.75) is 6.92 Å². The topological polar surface area (TPSA) is 25.8 Å². The average Bonchev–Trinajstić information content (AvgIpc) is 2.49. The maximum atomic E-state index is 4.50. The Morgan fingerprint density at radius 1 is 0.737 bits per heavy atom. The van der Waals surface area contributed by atoms with Gasteiger partial charge in [-0.05, 0) is 36.2 Å². The van der Waals surface area contributed by atoms with Gasteiger partial charge in [-0.3, -0.25) is 9.97 Å². The molecule has 0 N–H and O–H groups in total. The third-order valence-electron chi connectivity index (χ3n) is 3.15. The van der Waals surface area contributed by atoms with E-state index in [2.05, 4.69) is 47.2 Å². The third kappa shape index (κ3) is 2.38. The van der Waals surface area contributed by atoms with Gasteiger partial charge in [-0.1, -0.05) is 36.4 Å². The molecular formula is C17H14N2. The number of nitrogens with zero attached hydrogens (tertiary/aromatic N) is 2. The molecule has 2 aromatic heterocycles. The van der Waals surface area contributed by atoms with E-state index < -0.39 is 0 Å². The summed E-state index contributed by atoms with van der Waals surface area (Å²) in [4.78, 5) is 8.81. The number of benzene rings is 1. The predicted octanol–water partition coefficient (Wildman–Crippen LogP) is 4.12. The zero-order chi connectivity index (χ0) is 13.1. The fourth-order valence-electron chi connectivity index (χ4n) is 2.12. The van der Waals surface area contributed by atoms with Crippen LogP contribution in [-0.2, 0) is 0 Å². The molecule has 0 aliphatic heterocycles. The van der Waals surface area contributed by atoms with Crippen LogP contribution in [0.5, 0.6) is 0 Å². The maximum absolute atomic E-state index is 4.50. The first-order chi connectivity index (χ1) is 9.34. The van der Waals surface area contributed by atoms with Crippen LogP contribution in [0.3, 0.4) is 0 Å². The number of hydrogen-bond acceptors (Lipinski definition) is 2. The normalized spacial score (nSPS) is 10.4. The molecule has 19 heavy (non-hydrogen) atoms. The molecule has 0 aliphatic rings. The Balaban J connectivity index is 1.98. The number of rotatable bonds is 2. The van der Waals surface area contributed by atoms with Gasteiger partial charge in [0, 0.05) is 18.0 Å². The molecule has 2 heteroatoms. The molecule has 0 radical (unpaired) electrons. The molecule has 3 rings (SSSR count). The number of aromatic nitrogens is 2. The van der Waals surface area contributed by atoms with Crippen LogP contribution < -0.4 is 0 Å². The molecule has 0 amide bonds. The van der Waals surface area contributed by atoms with Gasteiger partial charge in [0.1, 0.15) is 0 Å². The predicted molar refractivity (Wildman–Crippen MR) is 77.6 cm³/mol. The minimum atomic E-state index is 0.901. The largest absolute Gasteiger partial charge is 0.255 e. The smallest absolute Gasteiger partial charge is 0.0886 e. The zero-order valence-corrected chi connectivity index (χ0v) is 10.7.